The first kappa shape index (κ1) is 10.9. The van der Waals surface area contributed by atoms with Crippen LogP contribution in [0.4, 0.5) is 0 Å². The van der Waals surface area contributed by atoms with E-state index in [1.807, 2.05) is 6.92 Å². The number of aryl methyl sites for hydroxylation is 1. The number of piperidine rings is 1. The van der Waals surface area contributed by atoms with Crippen molar-refractivity contribution in [3.8, 4) is 0 Å². The summed E-state index contributed by atoms with van der Waals surface area (Å²) in [6, 6.07) is 0. The van der Waals surface area contributed by atoms with Gasteiger partial charge in [0.1, 0.15) is 5.82 Å². The van der Waals surface area contributed by atoms with Gasteiger partial charge in [0.25, 0.3) is 0 Å². The van der Waals surface area contributed by atoms with Gasteiger partial charge in [0.15, 0.2) is 0 Å². The molecule has 0 atom stereocenters. The highest BCUT2D eigenvalue weighted by Crippen LogP contribution is 2.25. The van der Waals surface area contributed by atoms with E-state index in [4.69, 9.17) is 0 Å². The number of aromatic nitrogens is 3. The second-order valence-electron chi connectivity index (χ2n) is 3.97. The Balaban J connectivity index is 1.86. The minimum absolute atomic E-state index is 0.551. The maximum absolute atomic E-state index is 10.2. The number of rotatable bonds is 3. The van der Waals surface area contributed by atoms with E-state index in [0.717, 1.165) is 36.9 Å². The summed E-state index contributed by atoms with van der Waals surface area (Å²) in [4.78, 5) is 4.20. The zero-order chi connectivity index (χ0) is 10.7. The number of thioether (sulfide) groups is 1. The SMILES string of the molecule is Cc1nc(SCC2(O)CCNCC2)n[nH]1. The van der Waals surface area contributed by atoms with Crippen molar-refractivity contribution in [1.82, 2.24) is 20.5 Å². The predicted octanol–water partition coefficient (Wildman–Crippen LogP) is 0.320. The van der Waals surface area contributed by atoms with Gasteiger partial charge in [-0.05, 0) is 32.9 Å². The Labute approximate surface area is 93.1 Å². The summed E-state index contributed by atoms with van der Waals surface area (Å²) in [7, 11) is 0. The molecular weight excluding hydrogens is 212 g/mol. The van der Waals surface area contributed by atoms with Crippen molar-refractivity contribution >= 4 is 11.8 Å². The van der Waals surface area contributed by atoms with Crippen LogP contribution in [0.3, 0.4) is 0 Å². The van der Waals surface area contributed by atoms with E-state index in [1.165, 1.54) is 11.8 Å². The van der Waals surface area contributed by atoms with Crippen LogP contribution in [-0.4, -0.2) is 44.7 Å². The van der Waals surface area contributed by atoms with Crippen molar-refractivity contribution < 1.29 is 5.11 Å². The van der Waals surface area contributed by atoms with Crippen LogP contribution >= 0.6 is 11.8 Å². The van der Waals surface area contributed by atoms with E-state index in [-0.39, 0.29) is 0 Å². The monoisotopic (exact) mass is 228 g/mol. The molecule has 84 valence electrons. The number of aromatic amines is 1. The molecule has 0 saturated carbocycles. The molecule has 0 aliphatic carbocycles. The molecule has 2 heterocycles. The van der Waals surface area contributed by atoms with Crippen molar-refractivity contribution in [3.05, 3.63) is 5.82 Å². The van der Waals surface area contributed by atoms with Crippen molar-refractivity contribution in [2.45, 2.75) is 30.5 Å². The lowest BCUT2D eigenvalue weighted by molar-refractivity contribution is 0.0339. The Bertz CT molecular complexity index is 322. The molecule has 1 fully saturated rings. The summed E-state index contributed by atoms with van der Waals surface area (Å²) in [6.07, 6.45) is 1.62. The van der Waals surface area contributed by atoms with Gasteiger partial charge in [-0.15, -0.1) is 5.10 Å². The van der Waals surface area contributed by atoms with Gasteiger partial charge in [-0.2, -0.15) is 0 Å². The molecule has 0 bridgehead atoms. The van der Waals surface area contributed by atoms with Gasteiger partial charge in [-0.3, -0.25) is 5.10 Å². The number of hydrogen-bond donors (Lipinski definition) is 3. The molecule has 0 unspecified atom stereocenters. The van der Waals surface area contributed by atoms with Crippen LogP contribution in [0.25, 0.3) is 0 Å². The van der Waals surface area contributed by atoms with Crippen molar-refractivity contribution in [3.63, 3.8) is 0 Å². The Kier molecular flexibility index (Phi) is 3.28. The van der Waals surface area contributed by atoms with Gasteiger partial charge in [-0.25, -0.2) is 4.98 Å². The highest BCUT2D eigenvalue weighted by Gasteiger charge is 2.29. The fourth-order valence-electron chi connectivity index (χ4n) is 1.62. The molecule has 1 aliphatic rings. The highest BCUT2D eigenvalue weighted by molar-refractivity contribution is 7.99. The first-order valence-electron chi connectivity index (χ1n) is 5.13. The Hall–Kier alpha value is -0.590. The molecule has 0 radical (unpaired) electrons. The van der Waals surface area contributed by atoms with Crippen LogP contribution in [0.1, 0.15) is 18.7 Å². The fraction of sp³-hybridized carbons (Fsp3) is 0.778. The molecule has 3 N–H and O–H groups in total. The summed E-state index contributed by atoms with van der Waals surface area (Å²) in [5.74, 6) is 1.49. The number of nitrogens with one attached hydrogen (secondary N) is 2. The smallest absolute Gasteiger partial charge is 0.208 e. The lowest BCUT2D eigenvalue weighted by atomic mass is 9.95. The fourth-order valence-corrected chi connectivity index (χ4v) is 2.62. The predicted molar refractivity (Wildman–Crippen MR) is 58.9 cm³/mol. The van der Waals surface area contributed by atoms with Crippen molar-refractivity contribution in [2.75, 3.05) is 18.8 Å². The molecule has 15 heavy (non-hydrogen) atoms. The summed E-state index contributed by atoms with van der Waals surface area (Å²) < 4.78 is 0. The first-order chi connectivity index (χ1) is 7.18. The van der Waals surface area contributed by atoms with Crippen molar-refractivity contribution in [1.29, 1.82) is 0 Å². The second kappa shape index (κ2) is 4.51. The summed E-state index contributed by atoms with van der Waals surface area (Å²) in [5, 5.41) is 21.0. The minimum Gasteiger partial charge on any atom is -0.389 e. The van der Waals surface area contributed by atoms with Gasteiger partial charge in [0.05, 0.1) is 5.60 Å². The molecular formula is C9H16N4OS. The van der Waals surface area contributed by atoms with Gasteiger partial charge in [0.2, 0.25) is 5.16 Å². The average molecular weight is 228 g/mol. The summed E-state index contributed by atoms with van der Waals surface area (Å²) in [6.45, 7) is 3.66. The van der Waals surface area contributed by atoms with Crippen LogP contribution in [0.15, 0.2) is 5.16 Å². The molecule has 0 aromatic carbocycles. The van der Waals surface area contributed by atoms with Gasteiger partial charge in [-0.1, -0.05) is 11.8 Å². The van der Waals surface area contributed by atoms with E-state index < -0.39 is 5.60 Å². The van der Waals surface area contributed by atoms with Crippen LogP contribution in [-0.2, 0) is 0 Å². The quantitative estimate of drug-likeness (QED) is 0.650. The zero-order valence-electron chi connectivity index (χ0n) is 8.79. The molecule has 1 aromatic heterocycles. The highest BCUT2D eigenvalue weighted by atomic mass is 32.2. The van der Waals surface area contributed by atoms with E-state index in [1.54, 1.807) is 0 Å². The van der Waals surface area contributed by atoms with E-state index in [9.17, 15) is 5.11 Å². The third-order valence-electron chi connectivity index (χ3n) is 2.58. The summed E-state index contributed by atoms with van der Waals surface area (Å²) >= 11 is 1.52. The van der Waals surface area contributed by atoms with Gasteiger partial charge >= 0.3 is 0 Å². The molecule has 1 saturated heterocycles. The van der Waals surface area contributed by atoms with Crippen LogP contribution < -0.4 is 5.32 Å². The molecule has 1 aliphatic heterocycles. The van der Waals surface area contributed by atoms with Crippen LogP contribution in [0.2, 0.25) is 0 Å². The maximum atomic E-state index is 10.2. The zero-order valence-corrected chi connectivity index (χ0v) is 9.60. The molecule has 0 amide bonds. The molecule has 2 rings (SSSR count). The normalized spacial score (nSPS) is 20.4. The largest absolute Gasteiger partial charge is 0.389 e. The van der Waals surface area contributed by atoms with Crippen LogP contribution in [0.5, 0.6) is 0 Å². The molecule has 1 aromatic rings. The Morgan fingerprint density at radius 3 is 2.80 bits per heavy atom. The third-order valence-corrected chi connectivity index (χ3v) is 3.70. The number of H-pyrrole nitrogens is 1. The van der Waals surface area contributed by atoms with E-state index >= 15 is 0 Å². The first-order valence-corrected chi connectivity index (χ1v) is 6.11. The standard InChI is InChI=1S/C9H16N4OS/c1-7-11-8(13-12-7)15-6-9(14)2-4-10-5-3-9/h10,14H,2-6H2,1H3,(H,11,12,13). The number of aliphatic hydroxyl groups is 1. The number of nitrogens with zero attached hydrogens (tertiary/aromatic N) is 2. The Morgan fingerprint density at radius 2 is 2.20 bits per heavy atom. The van der Waals surface area contributed by atoms with E-state index in [2.05, 4.69) is 20.5 Å². The van der Waals surface area contributed by atoms with Crippen LogP contribution in [0, 0.1) is 6.92 Å². The van der Waals surface area contributed by atoms with Gasteiger partial charge < -0.3 is 10.4 Å². The lowest BCUT2D eigenvalue weighted by Crippen LogP contribution is -2.43. The van der Waals surface area contributed by atoms with Gasteiger partial charge in [0, 0.05) is 5.75 Å². The maximum Gasteiger partial charge on any atom is 0.208 e. The third kappa shape index (κ3) is 2.93. The van der Waals surface area contributed by atoms with E-state index in [0.29, 0.717) is 5.75 Å². The minimum atomic E-state index is -0.551. The molecule has 5 nitrogen and oxygen atoms in total. The Morgan fingerprint density at radius 1 is 1.47 bits per heavy atom. The summed E-state index contributed by atoms with van der Waals surface area (Å²) in [5.41, 5.74) is -0.551. The molecule has 0 spiro atoms. The lowest BCUT2D eigenvalue weighted by Gasteiger charge is -2.31. The molecule has 6 heteroatoms. The average Bonchev–Trinajstić information content (AvgIpc) is 2.63. The number of hydrogen-bond acceptors (Lipinski definition) is 5. The van der Waals surface area contributed by atoms with Crippen molar-refractivity contribution in [2.24, 2.45) is 0 Å². The second-order valence-corrected chi connectivity index (χ2v) is 4.91. The topological polar surface area (TPSA) is 73.8 Å².